The lowest BCUT2D eigenvalue weighted by atomic mass is 9.99. The molecule has 0 spiro atoms. The van der Waals surface area contributed by atoms with E-state index in [9.17, 15) is 14.7 Å². The maximum atomic E-state index is 11.8. The first-order valence-electron chi connectivity index (χ1n) is 8.09. The van der Waals surface area contributed by atoms with Crippen molar-refractivity contribution in [1.29, 1.82) is 0 Å². The van der Waals surface area contributed by atoms with Crippen molar-refractivity contribution < 1.29 is 28.0 Å². The van der Waals surface area contributed by atoms with Crippen LogP contribution in [0.2, 0.25) is 6.04 Å². The highest BCUT2D eigenvalue weighted by atomic mass is 28.4. The fraction of sp³-hybridized carbons (Fsp3) is 0.867. The molecule has 136 valence electrons. The number of unbranched alkanes of at least 4 members (excludes halogenated alkanes) is 2. The molecular formula is C15H31NO6Si. The molecule has 2 N–H and O–H groups in total. The summed E-state index contributed by atoms with van der Waals surface area (Å²) in [6.07, 6.45) is 4.02. The van der Waals surface area contributed by atoms with E-state index in [4.69, 9.17) is 13.3 Å². The van der Waals surface area contributed by atoms with Gasteiger partial charge in [0.1, 0.15) is 0 Å². The molecule has 0 aromatic carbocycles. The van der Waals surface area contributed by atoms with Crippen molar-refractivity contribution >= 4 is 20.7 Å². The van der Waals surface area contributed by atoms with E-state index in [-0.39, 0.29) is 12.3 Å². The molecule has 0 aliphatic carbocycles. The normalized spacial score (nSPS) is 12.9. The zero-order valence-corrected chi connectivity index (χ0v) is 15.7. The van der Waals surface area contributed by atoms with Gasteiger partial charge < -0.3 is 23.7 Å². The molecule has 0 bridgehead atoms. The number of amides is 1. The molecular weight excluding hydrogens is 318 g/mol. The van der Waals surface area contributed by atoms with E-state index in [0.29, 0.717) is 25.4 Å². The van der Waals surface area contributed by atoms with Crippen LogP contribution in [0.25, 0.3) is 0 Å². The molecule has 0 saturated carbocycles. The van der Waals surface area contributed by atoms with Gasteiger partial charge in [-0.2, -0.15) is 0 Å². The van der Waals surface area contributed by atoms with Crippen molar-refractivity contribution in [3.05, 3.63) is 0 Å². The highest BCUT2D eigenvalue weighted by Crippen LogP contribution is 2.20. The minimum atomic E-state index is -2.68. The van der Waals surface area contributed by atoms with Crippen LogP contribution in [0.5, 0.6) is 0 Å². The van der Waals surface area contributed by atoms with E-state index in [2.05, 4.69) is 12.2 Å². The molecule has 0 aliphatic heterocycles. The SMILES string of the molecule is CCCCCNC(=O)CC(CCC[Si](OC)(OC)OC)C(=O)O. The largest absolute Gasteiger partial charge is 0.500 e. The lowest BCUT2D eigenvalue weighted by molar-refractivity contribution is -0.144. The second kappa shape index (κ2) is 12.5. The van der Waals surface area contributed by atoms with Gasteiger partial charge in [0, 0.05) is 40.3 Å². The molecule has 7 nitrogen and oxygen atoms in total. The average Bonchev–Trinajstić information content (AvgIpc) is 2.55. The fourth-order valence-electron chi connectivity index (χ4n) is 2.33. The number of carboxylic acid groups (broad SMARTS) is 1. The summed E-state index contributed by atoms with van der Waals surface area (Å²) >= 11 is 0. The van der Waals surface area contributed by atoms with E-state index in [1.165, 1.54) is 21.3 Å². The molecule has 0 saturated heterocycles. The summed E-state index contributed by atoms with van der Waals surface area (Å²) in [7, 11) is 1.89. The van der Waals surface area contributed by atoms with Gasteiger partial charge in [0.25, 0.3) is 0 Å². The van der Waals surface area contributed by atoms with Gasteiger partial charge in [-0.25, -0.2) is 0 Å². The average molecular weight is 350 g/mol. The van der Waals surface area contributed by atoms with Gasteiger partial charge in [-0.1, -0.05) is 19.8 Å². The Morgan fingerprint density at radius 1 is 1.09 bits per heavy atom. The Labute approximate surface area is 140 Å². The monoisotopic (exact) mass is 349 g/mol. The molecule has 1 amide bonds. The molecule has 0 aromatic rings. The number of carbonyl (C=O) groups is 2. The first-order chi connectivity index (χ1) is 10.9. The minimum absolute atomic E-state index is 0.00294. The minimum Gasteiger partial charge on any atom is -0.481 e. The van der Waals surface area contributed by atoms with Crippen LogP contribution in [-0.4, -0.2) is 53.7 Å². The molecule has 23 heavy (non-hydrogen) atoms. The van der Waals surface area contributed by atoms with Crippen LogP contribution >= 0.6 is 0 Å². The smallest absolute Gasteiger partial charge is 0.481 e. The number of carboxylic acids is 1. The third kappa shape index (κ3) is 9.04. The van der Waals surface area contributed by atoms with Crippen LogP contribution in [0.4, 0.5) is 0 Å². The van der Waals surface area contributed by atoms with Crippen LogP contribution in [0.15, 0.2) is 0 Å². The predicted octanol–water partition coefficient (Wildman–Crippen LogP) is 2.04. The van der Waals surface area contributed by atoms with E-state index in [1.54, 1.807) is 0 Å². The lowest BCUT2D eigenvalue weighted by Gasteiger charge is -2.24. The number of hydrogen-bond acceptors (Lipinski definition) is 5. The summed E-state index contributed by atoms with van der Waals surface area (Å²) < 4.78 is 15.9. The Hall–Kier alpha value is -0.963. The second-order valence-electron chi connectivity index (χ2n) is 5.48. The van der Waals surface area contributed by atoms with Crippen molar-refractivity contribution in [1.82, 2.24) is 5.32 Å². The zero-order valence-electron chi connectivity index (χ0n) is 14.7. The first kappa shape index (κ1) is 22.0. The summed E-state index contributed by atoms with van der Waals surface area (Å²) in [5.74, 6) is -1.85. The third-order valence-electron chi connectivity index (χ3n) is 3.85. The first-order valence-corrected chi connectivity index (χ1v) is 10.0. The molecule has 0 fully saturated rings. The summed E-state index contributed by atoms with van der Waals surface area (Å²) in [5, 5.41) is 12.0. The highest BCUT2D eigenvalue weighted by Gasteiger charge is 2.37. The van der Waals surface area contributed by atoms with Gasteiger partial charge >= 0.3 is 14.8 Å². The van der Waals surface area contributed by atoms with E-state index < -0.39 is 20.7 Å². The lowest BCUT2D eigenvalue weighted by Crippen LogP contribution is -2.42. The number of rotatable bonds is 14. The van der Waals surface area contributed by atoms with Gasteiger partial charge in [-0.3, -0.25) is 9.59 Å². The van der Waals surface area contributed by atoms with E-state index in [1.807, 2.05) is 0 Å². The van der Waals surface area contributed by atoms with Crippen LogP contribution in [0, 0.1) is 5.92 Å². The Morgan fingerprint density at radius 3 is 2.17 bits per heavy atom. The Bertz CT molecular complexity index is 341. The van der Waals surface area contributed by atoms with Crippen LogP contribution < -0.4 is 5.32 Å². The van der Waals surface area contributed by atoms with Crippen molar-refractivity contribution in [2.75, 3.05) is 27.9 Å². The molecule has 8 heteroatoms. The zero-order chi connectivity index (χ0) is 17.7. The van der Waals surface area contributed by atoms with Crippen molar-refractivity contribution in [2.24, 2.45) is 5.92 Å². The van der Waals surface area contributed by atoms with Crippen molar-refractivity contribution in [3.63, 3.8) is 0 Å². The van der Waals surface area contributed by atoms with E-state index >= 15 is 0 Å². The molecule has 1 unspecified atom stereocenters. The van der Waals surface area contributed by atoms with Crippen LogP contribution in [-0.2, 0) is 22.9 Å². The van der Waals surface area contributed by atoms with Gasteiger partial charge in [0.15, 0.2) is 0 Å². The summed E-state index contributed by atoms with van der Waals surface area (Å²) in [4.78, 5) is 23.1. The molecule has 1 atom stereocenters. The van der Waals surface area contributed by atoms with E-state index in [0.717, 1.165) is 19.3 Å². The summed E-state index contributed by atoms with van der Waals surface area (Å²) in [6, 6.07) is 0.526. The molecule has 0 rings (SSSR count). The van der Waals surface area contributed by atoms with Gasteiger partial charge in [-0.15, -0.1) is 0 Å². The van der Waals surface area contributed by atoms with Crippen LogP contribution in [0.1, 0.15) is 45.4 Å². The molecule has 0 aliphatic rings. The molecule has 0 aromatic heterocycles. The number of carbonyl (C=O) groups excluding carboxylic acids is 1. The maximum absolute atomic E-state index is 11.8. The topological polar surface area (TPSA) is 94.1 Å². The Morgan fingerprint density at radius 2 is 1.70 bits per heavy atom. The highest BCUT2D eigenvalue weighted by molar-refractivity contribution is 6.60. The van der Waals surface area contributed by atoms with Crippen LogP contribution in [0.3, 0.4) is 0 Å². The Kier molecular flexibility index (Phi) is 11.9. The standard InChI is InChI=1S/C15H31NO6Si/c1-5-6-7-10-16-14(17)12-13(15(18)19)9-8-11-23(20-2,21-3)22-4/h13H,5-12H2,1-4H3,(H,16,17)(H,18,19). The summed E-state index contributed by atoms with van der Waals surface area (Å²) in [6.45, 7) is 2.69. The predicted molar refractivity (Wildman–Crippen MR) is 89.1 cm³/mol. The second-order valence-corrected chi connectivity index (χ2v) is 8.57. The maximum Gasteiger partial charge on any atom is 0.500 e. The molecule has 0 radical (unpaired) electrons. The number of hydrogen-bond donors (Lipinski definition) is 2. The number of nitrogens with one attached hydrogen (secondary N) is 1. The van der Waals surface area contributed by atoms with Gasteiger partial charge in [0.05, 0.1) is 5.92 Å². The fourth-order valence-corrected chi connectivity index (χ4v) is 4.08. The van der Waals surface area contributed by atoms with Crippen molar-refractivity contribution in [2.45, 2.75) is 51.5 Å². The number of aliphatic carboxylic acids is 1. The quantitative estimate of drug-likeness (QED) is 0.368. The van der Waals surface area contributed by atoms with Gasteiger partial charge in [-0.05, 0) is 19.3 Å². The van der Waals surface area contributed by atoms with Crippen molar-refractivity contribution in [3.8, 4) is 0 Å². The van der Waals surface area contributed by atoms with Gasteiger partial charge in [0.2, 0.25) is 5.91 Å². The molecule has 0 heterocycles. The third-order valence-corrected chi connectivity index (χ3v) is 6.68. The Balaban J connectivity index is 4.26. The summed E-state index contributed by atoms with van der Waals surface area (Å²) in [5.41, 5.74) is 0.